The number of ether oxygens (including phenoxy) is 2. The number of rotatable bonds is 3. The standard InChI is InChI=1S/C12H17ClN2O2/c1-16-8-3-2-4-9(7-8)17-12-10(14)5-6-11(13)15-12/h5-6,8-9H,2-4,7,14H2,1H3. The van der Waals surface area contributed by atoms with Gasteiger partial charge in [-0.1, -0.05) is 11.6 Å². The fourth-order valence-electron chi connectivity index (χ4n) is 2.10. The van der Waals surface area contributed by atoms with Crippen LogP contribution in [0.1, 0.15) is 25.7 Å². The van der Waals surface area contributed by atoms with Gasteiger partial charge in [-0.2, -0.15) is 4.98 Å². The van der Waals surface area contributed by atoms with Crippen molar-refractivity contribution in [3.05, 3.63) is 17.3 Å². The van der Waals surface area contributed by atoms with Crippen LogP contribution in [0.4, 0.5) is 5.69 Å². The van der Waals surface area contributed by atoms with E-state index < -0.39 is 0 Å². The molecular formula is C12H17ClN2O2. The molecule has 1 aromatic heterocycles. The number of nitrogen functional groups attached to an aromatic ring is 1. The summed E-state index contributed by atoms with van der Waals surface area (Å²) >= 11 is 5.82. The fourth-order valence-corrected chi connectivity index (χ4v) is 2.24. The minimum atomic E-state index is 0.113. The van der Waals surface area contributed by atoms with Crippen molar-refractivity contribution in [1.82, 2.24) is 4.98 Å². The minimum Gasteiger partial charge on any atom is -0.473 e. The van der Waals surface area contributed by atoms with Gasteiger partial charge in [0.1, 0.15) is 11.3 Å². The van der Waals surface area contributed by atoms with E-state index in [1.807, 2.05) is 0 Å². The number of nitrogens with two attached hydrogens (primary N) is 1. The van der Waals surface area contributed by atoms with Crippen molar-refractivity contribution in [1.29, 1.82) is 0 Å². The molecule has 2 N–H and O–H groups in total. The van der Waals surface area contributed by atoms with Crippen LogP contribution in [-0.2, 0) is 4.74 Å². The van der Waals surface area contributed by atoms with Crippen molar-refractivity contribution in [2.45, 2.75) is 37.9 Å². The number of hydrogen-bond acceptors (Lipinski definition) is 4. The van der Waals surface area contributed by atoms with Gasteiger partial charge in [-0.05, 0) is 31.4 Å². The Morgan fingerprint density at radius 2 is 2.12 bits per heavy atom. The van der Waals surface area contributed by atoms with Gasteiger partial charge >= 0.3 is 0 Å². The van der Waals surface area contributed by atoms with E-state index in [1.165, 1.54) is 0 Å². The Balaban J connectivity index is 2.02. The molecule has 1 aromatic rings. The summed E-state index contributed by atoms with van der Waals surface area (Å²) in [5.41, 5.74) is 6.32. The summed E-state index contributed by atoms with van der Waals surface area (Å²) in [4.78, 5) is 4.10. The number of nitrogens with zero attached hydrogens (tertiary/aromatic N) is 1. The molecule has 1 saturated carbocycles. The molecule has 0 radical (unpaired) electrons. The molecule has 2 rings (SSSR count). The van der Waals surface area contributed by atoms with Crippen molar-refractivity contribution in [3.63, 3.8) is 0 Å². The first kappa shape index (κ1) is 12.5. The molecule has 1 fully saturated rings. The molecule has 2 atom stereocenters. The highest BCUT2D eigenvalue weighted by molar-refractivity contribution is 6.29. The van der Waals surface area contributed by atoms with Crippen molar-refractivity contribution in [2.75, 3.05) is 12.8 Å². The maximum absolute atomic E-state index is 5.82. The summed E-state index contributed by atoms with van der Waals surface area (Å²) < 4.78 is 11.2. The van der Waals surface area contributed by atoms with Crippen LogP contribution in [0, 0.1) is 0 Å². The largest absolute Gasteiger partial charge is 0.473 e. The summed E-state index contributed by atoms with van der Waals surface area (Å²) in [5.74, 6) is 0.430. The zero-order valence-corrected chi connectivity index (χ0v) is 10.6. The lowest BCUT2D eigenvalue weighted by atomic mass is 9.95. The molecule has 0 spiro atoms. The number of pyridine rings is 1. The molecule has 0 amide bonds. The fraction of sp³-hybridized carbons (Fsp3) is 0.583. The molecule has 0 aliphatic heterocycles. The van der Waals surface area contributed by atoms with Crippen LogP contribution in [0.25, 0.3) is 0 Å². The molecule has 4 nitrogen and oxygen atoms in total. The Labute approximate surface area is 106 Å². The Kier molecular flexibility index (Phi) is 4.07. The SMILES string of the molecule is COC1CCCC(Oc2nc(Cl)ccc2N)C1. The van der Waals surface area contributed by atoms with E-state index in [4.69, 9.17) is 26.8 Å². The maximum Gasteiger partial charge on any atom is 0.238 e. The first-order valence-electron chi connectivity index (χ1n) is 5.80. The second kappa shape index (κ2) is 5.56. The monoisotopic (exact) mass is 256 g/mol. The van der Waals surface area contributed by atoms with E-state index in [9.17, 15) is 0 Å². The molecule has 0 bridgehead atoms. The van der Waals surface area contributed by atoms with Crippen LogP contribution in [-0.4, -0.2) is 24.3 Å². The Bertz CT molecular complexity index is 387. The van der Waals surface area contributed by atoms with E-state index in [-0.39, 0.29) is 12.2 Å². The van der Waals surface area contributed by atoms with Crippen LogP contribution in [0.3, 0.4) is 0 Å². The average molecular weight is 257 g/mol. The molecular weight excluding hydrogens is 240 g/mol. The number of halogens is 1. The minimum absolute atomic E-state index is 0.113. The van der Waals surface area contributed by atoms with Crippen molar-refractivity contribution in [2.24, 2.45) is 0 Å². The van der Waals surface area contributed by atoms with Crippen LogP contribution in [0.5, 0.6) is 5.88 Å². The molecule has 1 aliphatic carbocycles. The van der Waals surface area contributed by atoms with Gasteiger partial charge in [0.05, 0.1) is 11.8 Å². The summed E-state index contributed by atoms with van der Waals surface area (Å²) in [6.07, 6.45) is 4.46. The van der Waals surface area contributed by atoms with Crippen LogP contribution in [0.2, 0.25) is 5.15 Å². The smallest absolute Gasteiger partial charge is 0.238 e. The van der Waals surface area contributed by atoms with E-state index in [1.54, 1.807) is 19.2 Å². The third-order valence-electron chi connectivity index (χ3n) is 3.05. The predicted octanol–water partition coefficient (Wildman–Crippen LogP) is 2.65. The van der Waals surface area contributed by atoms with E-state index in [0.29, 0.717) is 16.7 Å². The van der Waals surface area contributed by atoms with Crippen molar-refractivity contribution in [3.8, 4) is 5.88 Å². The number of hydrogen-bond donors (Lipinski definition) is 1. The zero-order chi connectivity index (χ0) is 12.3. The second-order valence-electron chi connectivity index (χ2n) is 4.29. The number of anilines is 1. The van der Waals surface area contributed by atoms with Crippen molar-refractivity contribution >= 4 is 17.3 Å². The maximum atomic E-state index is 5.82. The second-order valence-corrected chi connectivity index (χ2v) is 4.68. The molecule has 17 heavy (non-hydrogen) atoms. The first-order valence-corrected chi connectivity index (χ1v) is 6.18. The number of methoxy groups -OCH3 is 1. The quantitative estimate of drug-likeness (QED) is 0.845. The third-order valence-corrected chi connectivity index (χ3v) is 3.26. The summed E-state index contributed by atoms with van der Waals surface area (Å²) in [6, 6.07) is 3.36. The lowest BCUT2D eigenvalue weighted by molar-refractivity contribution is 0.0198. The molecule has 5 heteroatoms. The first-order chi connectivity index (χ1) is 8.19. The highest BCUT2D eigenvalue weighted by Gasteiger charge is 2.24. The normalized spacial score (nSPS) is 24.6. The number of aromatic nitrogens is 1. The molecule has 94 valence electrons. The van der Waals surface area contributed by atoms with Gasteiger partial charge in [0, 0.05) is 13.5 Å². The van der Waals surface area contributed by atoms with E-state index in [2.05, 4.69) is 4.98 Å². The van der Waals surface area contributed by atoms with E-state index >= 15 is 0 Å². The Hall–Kier alpha value is -1.00. The highest BCUT2D eigenvalue weighted by atomic mass is 35.5. The van der Waals surface area contributed by atoms with Gasteiger partial charge in [-0.15, -0.1) is 0 Å². The van der Waals surface area contributed by atoms with Gasteiger partial charge < -0.3 is 15.2 Å². The van der Waals surface area contributed by atoms with Gasteiger partial charge in [-0.3, -0.25) is 0 Å². The van der Waals surface area contributed by atoms with Crippen LogP contribution < -0.4 is 10.5 Å². The topological polar surface area (TPSA) is 57.4 Å². The lowest BCUT2D eigenvalue weighted by Gasteiger charge is -2.28. The Morgan fingerprint density at radius 3 is 2.88 bits per heavy atom. The van der Waals surface area contributed by atoms with Gasteiger partial charge in [0.15, 0.2) is 0 Å². The van der Waals surface area contributed by atoms with Crippen LogP contribution >= 0.6 is 11.6 Å². The molecule has 2 unspecified atom stereocenters. The van der Waals surface area contributed by atoms with Gasteiger partial charge in [0.2, 0.25) is 5.88 Å². The zero-order valence-electron chi connectivity index (χ0n) is 9.86. The van der Waals surface area contributed by atoms with Gasteiger partial charge in [-0.25, -0.2) is 0 Å². The Morgan fingerprint density at radius 1 is 1.35 bits per heavy atom. The lowest BCUT2D eigenvalue weighted by Crippen LogP contribution is -2.29. The summed E-state index contributed by atoms with van der Waals surface area (Å²) in [5, 5.41) is 0.397. The van der Waals surface area contributed by atoms with Gasteiger partial charge in [0.25, 0.3) is 0 Å². The van der Waals surface area contributed by atoms with Crippen LogP contribution in [0.15, 0.2) is 12.1 Å². The molecule has 1 heterocycles. The van der Waals surface area contributed by atoms with Crippen molar-refractivity contribution < 1.29 is 9.47 Å². The third kappa shape index (κ3) is 3.23. The highest BCUT2D eigenvalue weighted by Crippen LogP contribution is 2.28. The summed E-state index contributed by atoms with van der Waals surface area (Å²) in [6.45, 7) is 0. The molecule has 1 aliphatic rings. The van der Waals surface area contributed by atoms with E-state index in [0.717, 1.165) is 25.7 Å². The predicted molar refractivity (Wildman–Crippen MR) is 67.3 cm³/mol. The average Bonchev–Trinajstić information content (AvgIpc) is 2.34. The molecule has 0 aromatic carbocycles. The molecule has 0 saturated heterocycles. The summed E-state index contributed by atoms with van der Waals surface area (Å²) in [7, 11) is 1.74.